The molecule has 226 valence electrons. The molecule has 2 aliphatic rings. The third-order valence-electron chi connectivity index (χ3n) is 9.54. The fraction of sp³-hybridized carbons (Fsp3) is 0.529. The van der Waals surface area contributed by atoms with Crippen LogP contribution in [0.2, 0.25) is 18.1 Å². The van der Waals surface area contributed by atoms with Gasteiger partial charge in [0.05, 0.1) is 22.9 Å². The van der Waals surface area contributed by atoms with Gasteiger partial charge < -0.3 is 4.43 Å². The number of hydrogen-bond acceptors (Lipinski definition) is 4. The lowest BCUT2D eigenvalue weighted by Crippen LogP contribution is -2.44. The number of alkyl halides is 3. The van der Waals surface area contributed by atoms with Gasteiger partial charge in [0.15, 0.2) is 14.1 Å². The van der Waals surface area contributed by atoms with Crippen LogP contribution in [0.1, 0.15) is 117 Å². The summed E-state index contributed by atoms with van der Waals surface area (Å²) in [4.78, 5) is 19.9. The zero-order valence-electron chi connectivity index (χ0n) is 25.7. The molecule has 8 heteroatoms. The van der Waals surface area contributed by atoms with E-state index in [2.05, 4.69) is 53.1 Å². The van der Waals surface area contributed by atoms with Crippen molar-refractivity contribution >= 4 is 25.4 Å². The van der Waals surface area contributed by atoms with Crippen molar-refractivity contribution in [2.24, 2.45) is 5.41 Å². The molecule has 2 aromatic heterocycles. The maximum absolute atomic E-state index is 14.5. The van der Waals surface area contributed by atoms with Gasteiger partial charge in [-0.3, -0.25) is 9.78 Å². The first kappa shape index (κ1) is 31.1. The van der Waals surface area contributed by atoms with Crippen molar-refractivity contribution in [2.45, 2.75) is 109 Å². The molecule has 1 unspecified atom stereocenters. The van der Waals surface area contributed by atoms with Crippen LogP contribution in [0.3, 0.4) is 0 Å². The van der Waals surface area contributed by atoms with Crippen LogP contribution >= 0.6 is 11.3 Å². The standard InChI is InChI=1S/C34H42F3NO2SSi/c1-32(2,3)42(6,7)40-26-19-33(4,5)18-25-28(26)27(23-16-17-41-20-23)29(30(38-25)21-10-8-9-11-21)31(39)22-12-14-24(15-13-22)34(35,36)37/h12-17,20-21,26H,8-11,18-19H2,1-7H3. The van der Waals surface area contributed by atoms with E-state index in [4.69, 9.17) is 9.41 Å². The van der Waals surface area contributed by atoms with E-state index >= 15 is 0 Å². The van der Waals surface area contributed by atoms with Crippen LogP contribution in [-0.2, 0) is 17.0 Å². The van der Waals surface area contributed by atoms with Crippen LogP contribution in [0.5, 0.6) is 0 Å². The molecule has 1 saturated carbocycles. The Labute approximate surface area is 253 Å². The van der Waals surface area contributed by atoms with E-state index < -0.39 is 20.1 Å². The van der Waals surface area contributed by atoms with Gasteiger partial charge in [0.2, 0.25) is 0 Å². The molecule has 2 aliphatic carbocycles. The van der Waals surface area contributed by atoms with Gasteiger partial charge in [0, 0.05) is 28.3 Å². The van der Waals surface area contributed by atoms with E-state index in [9.17, 15) is 18.0 Å². The molecule has 0 aliphatic heterocycles. The summed E-state index contributed by atoms with van der Waals surface area (Å²) >= 11 is 1.57. The Bertz CT molecular complexity index is 1450. The lowest BCUT2D eigenvalue weighted by atomic mass is 9.71. The van der Waals surface area contributed by atoms with Crippen molar-refractivity contribution in [3.05, 3.63) is 74.7 Å². The molecule has 1 fully saturated rings. The molecule has 0 radical (unpaired) electrons. The highest BCUT2D eigenvalue weighted by molar-refractivity contribution is 7.08. The number of hydrogen-bond donors (Lipinski definition) is 0. The minimum Gasteiger partial charge on any atom is -0.410 e. The summed E-state index contributed by atoms with van der Waals surface area (Å²) in [7, 11) is -2.22. The molecule has 2 heterocycles. The minimum atomic E-state index is -4.47. The predicted molar refractivity (Wildman–Crippen MR) is 167 cm³/mol. The smallest absolute Gasteiger partial charge is 0.410 e. The van der Waals surface area contributed by atoms with Crippen LogP contribution in [-0.4, -0.2) is 19.1 Å². The lowest BCUT2D eigenvalue weighted by molar-refractivity contribution is -0.137. The van der Waals surface area contributed by atoms with Crippen LogP contribution in [0.4, 0.5) is 13.2 Å². The third-order valence-corrected chi connectivity index (χ3v) is 14.7. The molecule has 3 aromatic rings. The van der Waals surface area contributed by atoms with Gasteiger partial charge in [0.1, 0.15) is 0 Å². The summed E-state index contributed by atoms with van der Waals surface area (Å²) in [5.41, 5.74) is 4.62. The van der Waals surface area contributed by atoms with E-state index in [0.717, 1.165) is 78.7 Å². The highest BCUT2D eigenvalue weighted by Gasteiger charge is 2.45. The average Bonchev–Trinajstić information content (AvgIpc) is 3.60. The van der Waals surface area contributed by atoms with Crippen LogP contribution in [0.25, 0.3) is 11.1 Å². The fourth-order valence-electron chi connectivity index (χ4n) is 6.30. The normalized spacial score (nSPS) is 19.6. The largest absolute Gasteiger partial charge is 0.416 e. The van der Waals surface area contributed by atoms with E-state index in [1.807, 2.05) is 11.4 Å². The van der Waals surface area contributed by atoms with Gasteiger partial charge in [-0.05, 0) is 83.8 Å². The molecule has 1 aromatic carbocycles. The average molecular weight is 614 g/mol. The topological polar surface area (TPSA) is 39.2 Å². The first-order valence-electron chi connectivity index (χ1n) is 15.0. The zero-order valence-corrected chi connectivity index (χ0v) is 27.6. The van der Waals surface area contributed by atoms with Crippen LogP contribution in [0.15, 0.2) is 41.1 Å². The Hall–Kier alpha value is -2.29. The number of carbonyl (C=O) groups is 1. The monoisotopic (exact) mass is 613 g/mol. The van der Waals surface area contributed by atoms with Gasteiger partial charge in [0.25, 0.3) is 0 Å². The maximum atomic E-state index is 14.5. The number of nitrogens with zero attached hydrogens (tertiary/aromatic N) is 1. The molecule has 1 atom stereocenters. The number of ketones is 1. The summed E-state index contributed by atoms with van der Waals surface area (Å²) < 4.78 is 47.3. The molecule has 0 amide bonds. The van der Waals surface area contributed by atoms with Gasteiger partial charge in [-0.25, -0.2) is 0 Å². The summed E-state index contributed by atoms with van der Waals surface area (Å²) in [5, 5.41) is 4.08. The second-order valence-electron chi connectivity index (χ2n) is 14.4. The Morgan fingerprint density at radius 2 is 1.69 bits per heavy atom. The molecule has 0 bridgehead atoms. The van der Waals surface area contributed by atoms with Crippen molar-refractivity contribution in [2.75, 3.05) is 0 Å². The van der Waals surface area contributed by atoms with Crippen LogP contribution < -0.4 is 0 Å². The molecule has 42 heavy (non-hydrogen) atoms. The second kappa shape index (κ2) is 11.0. The highest BCUT2D eigenvalue weighted by atomic mass is 32.1. The van der Waals surface area contributed by atoms with Crippen molar-refractivity contribution in [1.29, 1.82) is 0 Å². The Balaban J connectivity index is 1.78. The van der Waals surface area contributed by atoms with Gasteiger partial charge in [-0.1, -0.05) is 59.6 Å². The van der Waals surface area contributed by atoms with Crippen molar-refractivity contribution in [3.8, 4) is 11.1 Å². The lowest BCUT2D eigenvalue weighted by Gasteiger charge is -2.45. The number of aromatic nitrogens is 1. The highest BCUT2D eigenvalue weighted by Crippen LogP contribution is 2.52. The van der Waals surface area contributed by atoms with E-state index in [1.165, 1.54) is 12.1 Å². The number of thiophene rings is 1. The molecule has 0 spiro atoms. The molecule has 3 nitrogen and oxygen atoms in total. The first-order valence-corrected chi connectivity index (χ1v) is 18.8. The Morgan fingerprint density at radius 1 is 1.05 bits per heavy atom. The number of fused-ring (bicyclic) bond motifs is 1. The van der Waals surface area contributed by atoms with Crippen LogP contribution in [0, 0.1) is 5.41 Å². The molecule has 0 saturated heterocycles. The van der Waals surface area contributed by atoms with Gasteiger partial charge >= 0.3 is 6.18 Å². The Kier molecular flexibility index (Phi) is 8.16. The number of benzene rings is 1. The third kappa shape index (κ3) is 6.04. The van der Waals surface area contributed by atoms with Crippen molar-refractivity contribution in [3.63, 3.8) is 0 Å². The number of pyridine rings is 1. The van der Waals surface area contributed by atoms with E-state index in [0.29, 0.717) is 5.56 Å². The minimum absolute atomic E-state index is 0.00655. The van der Waals surface area contributed by atoms with Crippen molar-refractivity contribution < 1.29 is 22.4 Å². The quantitative estimate of drug-likeness (QED) is 0.205. The molecule has 0 N–H and O–H groups in total. The fourth-order valence-corrected chi connectivity index (χ4v) is 8.21. The predicted octanol–water partition coefficient (Wildman–Crippen LogP) is 10.8. The molecular formula is C34H42F3NO2SSi. The SMILES string of the molecule is CC1(C)Cc2nc(C3CCCC3)c(C(=O)c3ccc(C(F)(F)F)cc3)c(-c3ccsc3)c2C(O[Si](C)(C)C(C)(C)C)C1. The molecular weight excluding hydrogens is 572 g/mol. The zero-order chi connectivity index (χ0) is 30.7. The van der Waals surface area contributed by atoms with E-state index in [-0.39, 0.29) is 33.8 Å². The summed E-state index contributed by atoms with van der Waals surface area (Å²) in [6, 6.07) is 6.68. The summed E-state index contributed by atoms with van der Waals surface area (Å²) in [5.74, 6) is -0.121. The van der Waals surface area contributed by atoms with E-state index in [1.54, 1.807) is 11.3 Å². The maximum Gasteiger partial charge on any atom is 0.416 e. The Morgan fingerprint density at radius 3 is 2.24 bits per heavy atom. The number of rotatable bonds is 6. The summed E-state index contributed by atoms with van der Waals surface area (Å²) in [6.45, 7) is 15.7. The van der Waals surface area contributed by atoms with Crippen molar-refractivity contribution in [1.82, 2.24) is 4.98 Å². The molecule has 5 rings (SSSR count). The van der Waals surface area contributed by atoms with Gasteiger partial charge in [-0.2, -0.15) is 24.5 Å². The number of halogens is 3. The second-order valence-corrected chi connectivity index (χ2v) is 20.0. The van der Waals surface area contributed by atoms with Gasteiger partial charge in [-0.15, -0.1) is 0 Å². The first-order chi connectivity index (χ1) is 19.5. The summed E-state index contributed by atoms with van der Waals surface area (Å²) in [6.07, 6.45) is 0.955. The number of carbonyl (C=O) groups excluding carboxylic acids is 1.